The molecule has 0 saturated heterocycles. The molecule has 0 spiro atoms. The van der Waals surface area contributed by atoms with Crippen LogP contribution in [0.3, 0.4) is 0 Å². The van der Waals surface area contributed by atoms with Crippen molar-refractivity contribution < 1.29 is 32.6 Å². The first-order valence-electron chi connectivity index (χ1n) is 8.62. The molecule has 4 aliphatic carbocycles. The number of alkyl halides is 2. The number of hydrogen-bond acceptors (Lipinski definition) is 5. The molecule has 0 aromatic rings. The van der Waals surface area contributed by atoms with Crippen molar-refractivity contribution in [1.82, 2.24) is 0 Å². The lowest BCUT2D eigenvalue weighted by molar-refractivity contribution is -0.222. The first kappa shape index (κ1) is 18.1. The Hall–Kier alpha value is -1.66. The Balaban J connectivity index is 1.71. The molecule has 4 rings (SSSR count). The summed E-state index contributed by atoms with van der Waals surface area (Å²) in [4.78, 5) is 23.9. The Morgan fingerprint density at radius 2 is 1.64 bits per heavy atom. The van der Waals surface area contributed by atoms with Crippen LogP contribution < -0.4 is 0 Å². The summed E-state index contributed by atoms with van der Waals surface area (Å²) in [6.45, 7) is 4.88. The van der Waals surface area contributed by atoms with Crippen LogP contribution in [0.1, 0.15) is 52.4 Å². The van der Waals surface area contributed by atoms with Gasteiger partial charge in [0.25, 0.3) is 5.92 Å². The minimum absolute atomic E-state index is 0.291. The highest BCUT2D eigenvalue weighted by Gasteiger charge is 2.61. The van der Waals surface area contributed by atoms with Crippen LogP contribution in [0, 0.1) is 11.8 Å². The van der Waals surface area contributed by atoms with E-state index >= 15 is 0 Å². The molecule has 140 valence electrons. The van der Waals surface area contributed by atoms with Crippen LogP contribution in [-0.4, -0.2) is 35.9 Å². The quantitative estimate of drug-likeness (QED) is 0.549. The zero-order valence-electron chi connectivity index (χ0n) is 14.6. The van der Waals surface area contributed by atoms with E-state index < -0.39 is 35.9 Å². The molecule has 4 aliphatic rings. The van der Waals surface area contributed by atoms with Crippen molar-refractivity contribution in [3.05, 3.63) is 12.2 Å². The Bertz CT molecular complexity index is 581. The molecule has 5 nitrogen and oxygen atoms in total. The average molecular weight is 358 g/mol. The predicted octanol–water partition coefficient (Wildman–Crippen LogP) is 4.01. The lowest BCUT2D eigenvalue weighted by Crippen LogP contribution is -2.61. The topological polar surface area (TPSA) is 61.8 Å². The van der Waals surface area contributed by atoms with Crippen molar-refractivity contribution >= 4 is 12.1 Å². The summed E-state index contributed by atoms with van der Waals surface area (Å²) in [6.07, 6.45) is 3.14. The molecule has 0 radical (unpaired) electrons. The van der Waals surface area contributed by atoms with Gasteiger partial charge in [-0.05, 0) is 50.9 Å². The van der Waals surface area contributed by atoms with Crippen LogP contribution in [0.25, 0.3) is 0 Å². The number of halogens is 2. The molecule has 4 bridgehead atoms. The largest absolute Gasteiger partial charge is 0.509 e. The molecule has 0 aromatic carbocycles. The lowest BCUT2D eigenvalue weighted by atomic mass is 9.52. The Morgan fingerprint density at radius 1 is 1.12 bits per heavy atom. The third-order valence-corrected chi connectivity index (χ3v) is 5.35. The molecule has 0 amide bonds. The highest BCUT2D eigenvalue weighted by atomic mass is 19.3. The third kappa shape index (κ3) is 3.96. The molecule has 7 heteroatoms. The van der Waals surface area contributed by atoms with E-state index in [9.17, 15) is 18.4 Å². The number of carbonyl (C=O) groups is 2. The maximum atomic E-state index is 12.9. The normalized spacial score (nSPS) is 36.0. The third-order valence-electron chi connectivity index (χ3n) is 5.35. The molecular weight excluding hydrogens is 334 g/mol. The van der Waals surface area contributed by atoms with Crippen LogP contribution in [0.4, 0.5) is 13.6 Å². The highest BCUT2D eigenvalue weighted by Crippen LogP contribution is 2.60. The fraction of sp³-hybridized carbons (Fsp3) is 0.778. The van der Waals surface area contributed by atoms with Crippen LogP contribution in [0.5, 0.6) is 0 Å². The van der Waals surface area contributed by atoms with Crippen molar-refractivity contribution in [2.75, 3.05) is 6.61 Å². The first-order chi connectivity index (χ1) is 11.5. The van der Waals surface area contributed by atoms with Gasteiger partial charge in [-0.2, -0.15) is 0 Å². The van der Waals surface area contributed by atoms with E-state index in [0.29, 0.717) is 43.6 Å². The monoisotopic (exact) mass is 358 g/mol. The number of ether oxygens (including phenoxy) is 3. The average Bonchev–Trinajstić information content (AvgIpc) is 2.41. The van der Waals surface area contributed by atoms with Gasteiger partial charge in [-0.15, -0.1) is 0 Å². The van der Waals surface area contributed by atoms with Crippen molar-refractivity contribution in [2.45, 2.75) is 69.5 Å². The summed E-state index contributed by atoms with van der Waals surface area (Å²) in [5.41, 5.74) is -1.12. The van der Waals surface area contributed by atoms with Gasteiger partial charge in [0, 0.05) is 18.9 Å². The van der Waals surface area contributed by atoms with E-state index in [4.69, 9.17) is 9.47 Å². The Kier molecular flexibility index (Phi) is 4.32. The standard InChI is InChI=1S/C18H24F2O5/c1-11(2)14(21)24-17-5-12-4-13(6-17)8-18(7-12,9-17)25-15(22)23-10-16(3,19)20/h12-13H,1,4-10H2,2-3H3. The molecule has 0 N–H and O–H groups in total. The highest BCUT2D eigenvalue weighted by molar-refractivity contribution is 5.87. The van der Waals surface area contributed by atoms with Crippen LogP contribution in [-0.2, 0) is 19.0 Å². The van der Waals surface area contributed by atoms with Gasteiger partial charge in [0.1, 0.15) is 11.2 Å². The van der Waals surface area contributed by atoms with Crippen molar-refractivity contribution in [3.63, 3.8) is 0 Å². The smallest absolute Gasteiger partial charge is 0.456 e. The van der Waals surface area contributed by atoms with Gasteiger partial charge in [-0.1, -0.05) is 6.58 Å². The Morgan fingerprint density at radius 3 is 2.12 bits per heavy atom. The van der Waals surface area contributed by atoms with Crippen LogP contribution in [0.2, 0.25) is 0 Å². The molecule has 0 aliphatic heterocycles. The maximum Gasteiger partial charge on any atom is 0.509 e. The molecule has 2 atom stereocenters. The van der Waals surface area contributed by atoms with E-state index in [1.807, 2.05) is 0 Å². The maximum absolute atomic E-state index is 12.9. The number of rotatable bonds is 5. The van der Waals surface area contributed by atoms with E-state index in [1.165, 1.54) is 0 Å². The van der Waals surface area contributed by atoms with Crippen molar-refractivity contribution in [2.24, 2.45) is 11.8 Å². The number of carbonyl (C=O) groups excluding carboxylic acids is 2. The first-order valence-corrected chi connectivity index (χ1v) is 8.62. The molecule has 0 heterocycles. The van der Waals surface area contributed by atoms with Crippen molar-refractivity contribution in [3.8, 4) is 0 Å². The van der Waals surface area contributed by atoms with Gasteiger partial charge < -0.3 is 14.2 Å². The van der Waals surface area contributed by atoms with Gasteiger partial charge in [0.2, 0.25) is 0 Å². The zero-order valence-corrected chi connectivity index (χ0v) is 14.6. The number of hydrogen-bond donors (Lipinski definition) is 0. The molecular formula is C18H24F2O5. The summed E-state index contributed by atoms with van der Waals surface area (Å²) >= 11 is 0. The molecule has 25 heavy (non-hydrogen) atoms. The minimum atomic E-state index is -3.10. The molecule has 4 fully saturated rings. The van der Waals surface area contributed by atoms with Gasteiger partial charge in [-0.3, -0.25) is 0 Å². The van der Waals surface area contributed by atoms with E-state index in [1.54, 1.807) is 6.92 Å². The zero-order chi connectivity index (χ0) is 18.5. The molecule has 0 aromatic heterocycles. The summed E-state index contributed by atoms with van der Waals surface area (Å²) in [6, 6.07) is 0. The van der Waals surface area contributed by atoms with Crippen molar-refractivity contribution in [1.29, 1.82) is 0 Å². The summed E-state index contributed by atoms with van der Waals surface area (Å²) < 4.78 is 41.5. The van der Waals surface area contributed by atoms with Gasteiger partial charge in [-0.25, -0.2) is 18.4 Å². The van der Waals surface area contributed by atoms with Gasteiger partial charge in [0.15, 0.2) is 6.61 Å². The fourth-order valence-corrected chi connectivity index (χ4v) is 5.01. The summed E-state index contributed by atoms with van der Waals surface area (Å²) in [5.74, 6) is -2.96. The van der Waals surface area contributed by atoms with E-state index in [2.05, 4.69) is 11.3 Å². The second-order valence-electron chi connectivity index (χ2n) is 8.21. The van der Waals surface area contributed by atoms with Gasteiger partial charge >= 0.3 is 12.1 Å². The second kappa shape index (κ2) is 5.95. The second-order valence-corrected chi connectivity index (χ2v) is 8.21. The van der Waals surface area contributed by atoms with Crippen LogP contribution in [0.15, 0.2) is 12.2 Å². The molecule has 4 saturated carbocycles. The Labute approximate surface area is 145 Å². The summed E-state index contributed by atoms with van der Waals surface area (Å²) in [5, 5.41) is 0. The predicted molar refractivity (Wildman–Crippen MR) is 84.1 cm³/mol. The molecule has 2 unspecified atom stereocenters. The minimum Gasteiger partial charge on any atom is -0.456 e. The fourth-order valence-electron chi connectivity index (χ4n) is 5.01. The van der Waals surface area contributed by atoms with Crippen LogP contribution >= 0.6 is 0 Å². The lowest BCUT2D eigenvalue weighted by Gasteiger charge is -2.59. The SMILES string of the molecule is C=C(C)C(=O)OC12CC3CC(CC(OC(=O)OCC(C)(F)F)(C3)C1)C2. The van der Waals surface area contributed by atoms with E-state index in [0.717, 1.165) is 19.3 Å². The van der Waals surface area contributed by atoms with E-state index in [-0.39, 0.29) is 0 Å². The van der Waals surface area contributed by atoms with Gasteiger partial charge in [0.05, 0.1) is 0 Å². The number of esters is 1. The summed E-state index contributed by atoms with van der Waals surface area (Å²) in [7, 11) is 0.